The molecule has 0 fully saturated rings. The summed E-state index contributed by atoms with van der Waals surface area (Å²) in [6.07, 6.45) is 2.58. The average molecular weight is 332 g/mol. The van der Waals surface area contributed by atoms with Gasteiger partial charge in [-0.15, -0.1) is 0 Å². The highest BCUT2D eigenvalue weighted by atomic mass is 16.5. The number of rotatable bonds is 8. The fraction of sp³-hybridized carbons (Fsp3) is 0.556. The fourth-order valence-electron chi connectivity index (χ4n) is 2.99. The van der Waals surface area contributed by atoms with Crippen molar-refractivity contribution in [2.45, 2.75) is 39.7 Å². The minimum absolute atomic E-state index is 0.0577. The first kappa shape index (κ1) is 18.3. The van der Waals surface area contributed by atoms with E-state index in [4.69, 9.17) is 10.5 Å². The van der Waals surface area contributed by atoms with Crippen LogP contribution in [0.1, 0.15) is 33.1 Å². The molecule has 0 aliphatic heterocycles. The molecule has 0 aliphatic carbocycles. The Bertz CT molecular complexity index is 692. The lowest BCUT2D eigenvalue weighted by Crippen LogP contribution is -2.32. The number of imidazole rings is 1. The van der Waals surface area contributed by atoms with Crippen LogP contribution in [0.2, 0.25) is 0 Å². The van der Waals surface area contributed by atoms with Gasteiger partial charge in [0.2, 0.25) is 11.9 Å². The SMILES string of the molecule is CCC(CC)C(=O)N(C)c1ccc2c(c1)nc(N)n2CCCOC. The summed E-state index contributed by atoms with van der Waals surface area (Å²) in [5.74, 6) is 0.696. The van der Waals surface area contributed by atoms with Gasteiger partial charge in [-0.2, -0.15) is 0 Å². The summed E-state index contributed by atoms with van der Waals surface area (Å²) in [4.78, 5) is 18.7. The molecule has 1 aromatic heterocycles. The van der Waals surface area contributed by atoms with Crippen molar-refractivity contribution < 1.29 is 9.53 Å². The highest BCUT2D eigenvalue weighted by molar-refractivity contribution is 5.96. The lowest BCUT2D eigenvalue weighted by atomic mass is 10.0. The Labute approximate surface area is 143 Å². The molecule has 0 spiro atoms. The van der Waals surface area contributed by atoms with Crippen molar-refractivity contribution in [2.24, 2.45) is 5.92 Å². The van der Waals surface area contributed by atoms with Crippen molar-refractivity contribution in [3.63, 3.8) is 0 Å². The summed E-state index contributed by atoms with van der Waals surface area (Å²) in [6, 6.07) is 5.87. The number of hydrogen-bond donors (Lipinski definition) is 1. The molecule has 0 unspecified atom stereocenters. The molecule has 6 heteroatoms. The molecular formula is C18H28N4O2. The predicted molar refractivity (Wildman–Crippen MR) is 98.1 cm³/mol. The number of nitrogens with zero attached hydrogens (tertiary/aromatic N) is 3. The topological polar surface area (TPSA) is 73.4 Å². The van der Waals surface area contributed by atoms with Crippen molar-refractivity contribution in [3.05, 3.63) is 18.2 Å². The van der Waals surface area contributed by atoms with E-state index in [9.17, 15) is 4.79 Å². The third-order valence-corrected chi connectivity index (χ3v) is 4.54. The molecule has 0 saturated heterocycles. The molecule has 1 heterocycles. The number of aryl methyl sites for hydroxylation is 1. The van der Waals surface area contributed by atoms with Crippen LogP contribution in [0.3, 0.4) is 0 Å². The summed E-state index contributed by atoms with van der Waals surface area (Å²) in [7, 11) is 3.51. The number of nitrogens with two attached hydrogens (primary N) is 1. The molecule has 0 atom stereocenters. The van der Waals surface area contributed by atoms with Gasteiger partial charge in [-0.05, 0) is 37.5 Å². The van der Waals surface area contributed by atoms with Crippen LogP contribution in [0.5, 0.6) is 0 Å². The second kappa shape index (κ2) is 8.15. The number of methoxy groups -OCH3 is 1. The van der Waals surface area contributed by atoms with E-state index in [2.05, 4.69) is 4.98 Å². The monoisotopic (exact) mass is 332 g/mol. The van der Waals surface area contributed by atoms with Crippen LogP contribution in [0.25, 0.3) is 11.0 Å². The predicted octanol–water partition coefficient (Wildman–Crippen LogP) is 3.05. The molecule has 132 valence electrons. The third kappa shape index (κ3) is 3.70. The van der Waals surface area contributed by atoms with Crippen molar-refractivity contribution in [1.29, 1.82) is 0 Å². The number of ether oxygens (including phenoxy) is 1. The highest BCUT2D eigenvalue weighted by Gasteiger charge is 2.20. The lowest BCUT2D eigenvalue weighted by molar-refractivity contribution is -0.122. The molecule has 1 aromatic carbocycles. The van der Waals surface area contributed by atoms with Crippen LogP contribution >= 0.6 is 0 Å². The maximum atomic E-state index is 12.6. The minimum Gasteiger partial charge on any atom is -0.385 e. The number of hydrogen-bond acceptors (Lipinski definition) is 4. The highest BCUT2D eigenvalue weighted by Crippen LogP contribution is 2.25. The zero-order valence-electron chi connectivity index (χ0n) is 15.1. The van der Waals surface area contributed by atoms with E-state index in [-0.39, 0.29) is 11.8 Å². The van der Waals surface area contributed by atoms with Crippen molar-refractivity contribution in [3.8, 4) is 0 Å². The van der Waals surface area contributed by atoms with Gasteiger partial charge in [0, 0.05) is 38.9 Å². The van der Waals surface area contributed by atoms with Crippen LogP contribution in [0, 0.1) is 5.92 Å². The van der Waals surface area contributed by atoms with E-state index in [0.717, 1.165) is 42.5 Å². The van der Waals surface area contributed by atoms with Gasteiger partial charge in [0.05, 0.1) is 11.0 Å². The molecule has 24 heavy (non-hydrogen) atoms. The molecule has 2 N–H and O–H groups in total. The molecule has 1 amide bonds. The number of benzene rings is 1. The van der Waals surface area contributed by atoms with Crippen LogP contribution in [0.4, 0.5) is 11.6 Å². The van der Waals surface area contributed by atoms with Crippen LogP contribution in [-0.4, -0.2) is 36.2 Å². The maximum absolute atomic E-state index is 12.6. The quantitative estimate of drug-likeness (QED) is 0.754. The molecule has 0 aliphatic rings. The number of amides is 1. The van der Waals surface area contributed by atoms with Gasteiger partial charge in [-0.3, -0.25) is 4.79 Å². The van der Waals surface area contributed by atoms with Gasteiger partial charge < -0.3 is 19.9 Å². The smallest absolute Gasteiger partial charge is 0.229 e. The standard InChI is InChI=1S/C18H28N4O2/c1-5-13(6-2)17(23)21(3)14-8-9-16-15(12-14)20-18(19)22(16)10-7-11-24-4/h8-9,12-13H,5-7,10-11H2,1-4H3,(H2,19,20). The first-order valence-electron chi connectivity index (χ1n) is 8.55. The number of carbonyl (C=O) groups excluding carboxylic acids is 1. The first-order valence-corrected chi connectivity index (χ1v) is 8.55. The lowest BCUT2D eigenvalue weighted by Gasteiger charge is -2.22. The Hall–Kier alpha value is -2.08. The van der Waals surface area contributed by atoms with E-state index >= 15 is 0 Å². The second-order valence-corrected chi connectivity index (χ2v) is 6.05. The Kier molecular flexibility index (Phi) is 6.20. The molecule has 2 aromatic rings. The van der Waals surface area contributed by atoms with E-state index in [1.54, 1.807) is 12.0 Å². The van der Waals surface area contributed by atoms with Gasteiger partial charge in [-0.1, -0.05) is 13.8 Å². The minimum atomic E-state index is 0.0577. The maximum Gasteiger partial charge on any atom is 0.229 e. The number of carbonyl (C=O) groups is 1. The van der Waals surface area contributed by atoms with Gasteiger partial charge in [0.1, 0.15) is 0 Å². The summed E-state index contributed by atoms with van der Waals surface area (Å²) in [6.45, 7) is 5.54. The Morgan fingerprint density at radius 2 is 2.08 bits per heavy atom. The zero-order chi connectivity index (χ0) is 17.7. The molecule has 0 radical (unpaired) electrons. The Morgan fingerprint density at radius 3 is 2.71 bits per heavy atom. The molecule has 0 bridgehead atoms. The van der Waals surface area contributed by atoms with E-state index in [1.807, 2.05) is 43.7 Å². The van der Waals surface area contributed by atoms with Gasteiger partial charge in [-0.25, -0.2) is 4.98 Å². The van der Waals surface area contributed by atoms with Crippen LogP contribution in [0.15, 0.2) is 18.2 Å². The second-order valence-electron chi connectivity index (χ2n) is 6.05. The molecule has 0 saturated carbocycles. The van der Waals surface area contributed by atoms with E-state index in [1.165, 1.54) is 0 Å². The summed E-state index contributed by atoms with van der Waals surface area (Å²) >= 11 is 0. The summed E-state index contributed by atoms with van der Waals surface area (Å²) in [5.41, 5.74) is 8.69. The van der Waals surface area contributed by atoms with E-state index in [0.29, 0.717) is 12.6 Å². The van der Waals surface area contributed by atoms with E-state index < -0.39 is 0 Å². The molecule has 6 nitrogen and oxygen atoms in total. The van der Waals surface area contributed by atoms with Gasteiger partial charge in [0.15, 0.2) is 0 Å². The van der Waals surface area contributed by atoms with Crippen molar-refractivity contribution in [2.75, 3.05) is 31.4 Å². The Balaban J connectivity index is 2.27. The van der Waals surface area contributed by atoms with Crippen molar-refractivity contribution in [1.82, 2.24) is 9.55 Å². The number of fused-ring (bicyclic) bond motifs is 1. The van der Waals surface area contributed by atoms with Gasteiger partial charge >= 0.3 is 0 Å². The van der Waals surface area contributed by atoms with Gasteiger partial charge in [0.25, 0.3) is 0 Å². The largest absolute Gasteiger partial charge is 0.385 e. The van der Waals surface area contributed by atoms with Crippen LogP contribution < -0.4 is 10.6 Å². The number of aromatic nitrogens is 2. The third-order valence-electron chi connectivity index (χ3n) is 4.54. The average Bonchev–Trinajstić information content (AvgIpc) is 2.90. The molecular weight excluding hydrogens is 304 g/mol. The fourth-order valence-corrected chi connectivity index (χ4v) is 2.99. The number of anilines is 2. The summed E-state index contributed by atoms with van der Waals surface area (Å²) < 4.78 is 7.08. The first-order chi connectivity index (χ1) is 11.5. The Morgan fingerprint density at radius 1 is 1.38 bits per heavy atom. The summed E-state index contributed by atoms with van der Waals surface area (Å²) in [5, 5.41) is 0. The number of nitrogen functional groups attached to an aromatic ring is 1. The zero-order valence-corrected chi connectivity index (χ0v) is 15.1. The van der Waals surface area contributed by atoms with Crippen molar-refractivity contribution >= 4 is 28.6 Å². The molecule has 2 rings (SSSR count). The van der Waals surface area contributed by atoms with Crippen LogP contribution in [-0.2, 0) is 16.1 Å². The normalized spacial score (nSPS) is 11.4.